The van der Waals surface area contributed by atoms with E-state index in [2.05, 4.69) is 76.5 Å². The van der Waals surface area contributed by atoms with E-state index in [0.29, 0.717) is 10.8 Å². The molecular weight excluding hydrogens is 514 g/mol. The third kappa shape index (κ3) is 4.79. The number of thiocarbonyl (C=S) groups is 1. The van der Waals surface area contributed by atoms with E-state index in [1.165, 1.54) is 11.1 Å². The van der Waals surface area contributed by atoms with Gasteiger partial charge in [-0.25, -0.2) is 8.42 Å². The van der Waals surface area contributed by atoms with Crippen LogP contribution in [0.3, 0.4) is 0 Å². The second-order valence-corrected chi connectivity index (χ2v) is 11.9. The van der Waals surface area contributed by atoms with Crippen LogP contribution in [0.2, 0.25) is 0 Å². The second-order valence-electron chi connectivity index (χ2n) is 9.80. The molecule has 2 unspecified atom stereocenters. The first-order chi connectivity index (χ1) is 18.0. The Labute approximate surface area is 229 Å². The molecule has 1 saturated heterocycles. The first kappa shape index (κ1) is 25.9. The summed E-state index contributed by atoms with van der Waals surface area (Å²) in [6, 6.07) is 21.5. The number of sulfonamides is 1. The fourth-order valence-electron chi connectivity index (χ4n) is 5.29. The minimum absolute atomic E-state index is 0.170. The van der Waals surface area contributed by atoms with Crippen molar-refractivity contribution in [1.82, 2.24) is 14.9 Å². The van der Waals surface area contributed by atoms with Crippen LogP contribution in [0.25, 0.3) is 5.69 Å². The summed E-state index contributed by atoms with van der Waals surface area (Å²) >= 11 is 5.88. The standard InChI is InChI=1S/C29H31N5O2S2/c1-18-9-8-11-26(20(18)3)33-19(2)17-24(21(33)4)28-27(25-10-6-7-16-30-25)31-29(37)34(28)23-14-12-22(13-15-23)32-38(5,35)36/h6-17,27-28,32H,1-5H3,(H,31,37). The number of aryl methyl sites for hydroxylation is 2. The zero-order chi connectivity index (χ0) is 27.2. The molecule has 1 fully saturated rings. The summed E-state index contributed by atoms with van der Waals surface area (Å²) in [5.74, 6) is 0. The molecule has 1 aliphatic heterocycles. The summed E-state index contributed by atoms with van der Waals surface area (Å²) in [6.45, 7) is 8.57. The Morgan fingerprint density at radius 1 is 0.974 bits per heavy atom. The number of hydrogen-bond acceptors (Lipinski definition) is 4. The number of nitrogens with zero attached hydrogens (tertiary/aromatic N) is 3. The van der Waals surface area contributed by atoms with Gasteiger partial charge >= 0.3 is 0 Å². The molecule has 0 spiro atoms. The molecule has 2 aromatic carbocycles. The average Bonchev–Trinajstić information content (AvgIpc) is 3.36. The molecule has 7 nitrogen and oxygen atoms in total. The van der Waals surface area contributed by atoms with Gasteiger partial charge in [0.2, 0.25) is 10.0 Å². The number of benzene rings is 2. The molecule has 0 bridgehead atoms. The second kappa shape index (κ2) is 9.89. The monoisotopic (exact) mass is 545 g/mol. The van der Waals surface area contributed by atoms with E-state index in [4.69, 9.17) is 12.2 Å². The number of aromatic nitrogens is 2. The molecule has 2 atom stereocenters. The third-order valence-corrected chi connectivity index (χ3v) is 8.07. The fraction of sp³-hybridized carbons (Fsp3) is 0.241. The topological polar surface area (TPSA) is 79.3 Å². The Hall–Kier alpha value is -3.69. The van der Waals surface area contributed by atoms with Crippen molar-refractivity contribution in [2.24, 2.45) is 0 Å². The van der Waals surface area contributed by atoms with Crippen molar-refractivity contribution in [2.75, 3.05) is 15.9 Å². The number of anilines is 2. The summed E-state index contributed by atoms with van der Waals surface area (Å²) in [6.07, 6.45) is 2.93. The normalized spacial score (nSPS) is 17.5. The van der Waals surface area contributed by atoms with Gasteiger partial charge in [-0.15, -0.1) is 0 Å². The smallest absolute Gasteiger partial charge is 0.229 e. The van der Waals surface area contributed by atoms with E-state index in [1.54, 1.807) is 18.3 Å². The van der Waals surface area contributed by atoms with Crippen molar-refractivity contribution in [3.05, 3.63) is 107 Å². The number of hydrogen-bond donors (Lipinski definition) is 2. The van der Waals surface area contributed by atoms with Crippen LogP contribution >= 0.6 is 12.2 Å². The lowest BCUT2D eigenvalue weighted by molar-refractivity contribution is 0.565. The minimum atomic E-state index is -3.37. The zero-order valence-corrected chi connectivity index (χ0v) is 23.7. The average molecular weight is 546 g/mol. The lowest BCUT2D eigenvalue weighted by Gasteiger charge is -2.28. The highest BCUT2D eigenvalue weighted by atomic mass is 32.2. The molecule has 2 N–H and O–H groups in total. The van der Waals surface area contributed by atoms with Crippen LogP contribution in [0.5, 0.6) is 0 Å². The predicted molar refractivity (Wildman–Crippen MR) is 158 cm³/mol. The molecular formula is C29H31N5O2S2. The van der Waals surface area contributed by atoms with Gasteiger partial charge in [0, 0.05) is 34.6 Å². The quantitative estimate of drug-likeness (QED) is 0.305. The lowest BCUT2D eigenvalue weighted by atomic mass is 9.96. The molecule has 0 saturated carbocycles. The summed E-state index contributed by atoms with van der Waals surface area (Å²) in [5, 5.41) is 4.10. The van der Waals surface area contributed by atoms with E-state index < -0.39 is 10.0 Å². The Morgan fingerprint density at radius 3 is 2.37 bits per heavy atom. The molecule has 38 heavy (non-hydrogen) atoms. The van der Waals surface area contributed by atoms with E-state index in [1.807, 2.05) is 30.3 Å². The van der Waals surface area contributed by atoms with Crippen LogP contribution in [0.15, 0.2) is 72.9 Å². The maximum Gasteiger partial charge on any atom is 0.229 e. The zero-order valence-electron chi connectivity index (χ0n) is 22.1. The minimum Gasteiger partial charge on any atom is -0.351 e. The molecule has 0 radical (unpaired) electrons. The van der Waals surface area contributed by atoms with Crippen LogP contribution in [0.4, 0.5) is 11.4 Å². The van der Waals surface area contributed by atoms with Gasteiger partial charge in [-0.3, -0.25) is 9.71 Å². The largest absolute Gasteiger partial charge is 0.351 e. The van der Waals surface area contributed by atoms with Crippen LogP contribution < -0.4 is 14.9 Å². The van der Waals surface area contributed by atoms with Gasteiger partial charge in [0.25, 0.3) is 0 Å². The van der Waals surface area contributed by atoms with E-state index in [9.17, 15) is 8.42 Å². The van der Waals surface area contributed by atoms with Crippen molar-refractivity contribution in [3.8, 4) is 5.69 Å². The maximum absolute atomic E-state index is 11.7. The predicted octanol–water partition coefficient (Wildman–Crippen LogP) is 5.65. The fourth-order valence-corrected chi connectivity index (χ4v) is 6.20. The van der Waals surface area contributed by atoms with Crippen molar-refractivity contribution in [1.29, 1.82) is 0 Å². The first-order valence-corrected chi connectivity index (χ1v) is 14.7. The van der Waals surface area contributed by atoms with Gasteiger partial charge in [0.05, 0.1) is 24.0 Å². The number of nitrogens with one attached hydrogen (secondary N) is 2. The highest BCUT2D eigenvalue weighted by Crippen LogP contribution is 2.44. The molecule has 2 aromatic heterocycles. The summed E-state index contributed by atoms with van der Waals surface area (Å²) in [5.41, 5.74) is 9.33. The van der Waals surface area contributed by atoms with Gasteiger partial charge in [0.1, 0.15) is 0 Å². The van der Waals surface area contributed by atoms with Gasteiger partial charge in [-0.05, 0) is 105 Å². The van der Waals surface area contributed by atoms with Crippen LogP contribution in [0, 0.1) is 27.7 Å². The molecule has 9 heteroatoms. The molecule has 3 heterocycles. The SMILES string of the molecule is Cc1cccc(-n2c(C)cc(C3C(c4ccccn4)NC(=S)N3c3ccc(NS(C)(=O)=O)cc3)c2C)c1C. The Balaban J connectivity index is 1.65. The summed E-state index contributed by atoms with van der Waals surface area (Å²) in [4.78, 5) is 6.77. The Bertz CT molecular complexity index is 1610. The van der Waals surface area contributed by atoms with Crippen molar-refractivity contribution >= 4 is 38.7 Å². The molecule has 0 aliphatic carbocycles. The summed E-state index contributed by atoms with van der Waals surface area (Å²) in [7, 11) is -3.37. The Kier molecular flexibility index (Phi) is 6.75. The maximum atomic E-state index is 11.7. The molecule has 1 aliphatic rings. The molecule has 5 rings (SSSR count). The number of pyridine rings is 1. The van der Waals surface area contributed by atoms with Crippen molar-refractivity contribution in [3.63, 3.8) is 0 Å². The van der Waals surface area contributed by atoms with E-state index in [0.717, 1.165) is 40.3 Å². The van der Waals surface area contributed by atoms with Gasteiger partial charge in [-0.1, -0.05) is 18.2 Å². The van der Waals surface area contributed by atoms with Gasteiger partial charge in [0.15, 0.2) is 5.11 Å². The summed E-state index contributed by atoms with van der Waals surface area (Å²) < 4.78 is 28.2. The van der Waals surface area contributed by atoms with Crippen LogP contribution in [-0.2, 0) is 10.0 Å². The van der Waals surface area contributed by atoms with E-state index in [-0.39, 0.29) is 12.1 Å². The highest BCUT2D eigenvalue weighted by molar-refractivity contribution is 7.92. The van der Waals surface area contributed by atoms with Crippen molar-refractivity contribution < 1.29 is 8.42 Å². The number of rotatable bonds is 6. The van der Waals surface area contributed by atoms with Crippen LogP contribution in [-0.4, -0.2) is 29.3 Å². The highest BCUT2D eigenvalue weighted by Gasteiger charge is 2.42. The third-order valence-electron chi connectivity index (χ3n) is 7.15. The van der Waals surface area contributed by atoms with E-state index >= 15 is 0 Å². The molecule has 196 valence electrons. The molecule has 4 aromatic rings. The molecule has 0 amide bonds. The first-order valence-electron chi connectivity index (χ1n) is 12.4. The van der Waals surface area contributed by atoms with Crippen molar-refractivity contribution in [2.45, 2.75) is 39.8 Å². The Morgan fingerprint density at radius 2 is 1.71 bits per heavy atom. The van der Waals surface area contributed by atoms with Gasteiger partial charge < -0.3 is 14.8 Å². The van der Waals surface area contributed by atoms with Gasteiger partial charge in [-0.2, -0.15) is 0 Å². The van der Waals surface area contributed by atoms with Crippen LogP contribution in [0.1, 0.15) is 45.9 Å². The lowest BCUT2D eigenvalue weighted by Crippen LogP contribution is -2.29.